The van der Waals surface area contributed by atoms with Gasteiger partial charge in [-0.3, -0.25) is 0 Å². The lowest BCUT2D eigenvalue weighted by Crippen LogP contribution is -2.29. The first kappa shape index (κ1) is 12.9. The van der Waals surface area contributed by atoms with Crippen LogP contribution in [-0.2, 0) is 0 Å². The first-order valence-electron chi connectivity index (χ1n) is 4.63. The van der Waals surface area contributed by atoms with Crippen molar-refractivity contribution in [1.29, 1.82) is 0 Å². The van der Waals surface area contributed by atoms with Crippen molar-refractivity contribution in [2.45, 2.75) is 6.92 Å². The maximum Gasteiger partial charge on any atom is 0.171 e. The van der Waals surface area contributed by atoms with E-state index in [1.807, 2.05) is 6.92 Å². The van der Waals surface area contributed by atoms with E-state index >= 15 is 0 Å². The highest BCUT2D eigenvalue weighted by molar-refractivity contribution is 7.80. The van der Waals surface area contributed by atoms with Gasteiger partial charge in [-0.15, -0.1) is 0 Å². The van der Waals surface area contributed by atoms with Gasteiger partial charge in [0, 0.05) is 12.2 Å². The van der Waals surface area contributed by atoms with Crippen LogP contribution in [0.2, 0.25) is 5.02 Å². The zero-order chi connectivity index (χ0) is 12.1. The Bertz CT molecular complexity index is 420. The van der Waals surface area contributed by atoms with Crippen LogP contribution < -0.4 is 10.6 Å². The predicted octanol–water partition coefficient (Wildman–Crippen LogP) is 3.34. The van der Waals surface area contributed by atoms with Crippen molar-refractivity contribution in [2.75, 3.05) is 11.9 Å². The Labute approximate surface area is 104 Å². The Balaban J connectivity index is 2.56. The summed E-state index contributed by atoms with van der Waals surface area (Å²) in [6, 6.07) is 4.33. The first-order chi connectivity index (χ1) is 7.49. The van der Waals surface area contributed by atoms with Crippen LogP contribution in [0.3, 0.4) is 0 Å². The highest BCUT2D eigenvalue weighted by Crippen LogP contribution is 2.19. The molecule has 0 saturated carbocycles. The molecule has 0 spiro atoms. The average molecular weight is 259 g/mol. The van der Waals surface area contributed by atoms with E-state index in [0.29, 0.717) is 17.3 Å². The molecule has 1 rings (SSSR count). The second kappa shape index (κ2) is 5.82. The minimum absolute atomic E-state index is 0.0627. The van der Waals surface area contributed by atoms with E-state index in [1.54, 1.807) is 6.07 Å². The zero-order valence-electron chi connectivity index (χ0n) is 8.81. The summed E-state index contributed by atoms with van der Waals surface area (Å²) < 4.78 is 12.9. The summed E-state index contributed by atoms with van der Waals surface area (Å²) in [7, 11) is 0. The number of rotatable bonds is 3. The molecule has 2 N–H and O–H groups in total. The van der Waals surface area contributed by atoms with Crippen LogP contribution in [0.1, 0.15) is 6.92 Å². The number of hydrogen-bond acceptors (Lipinski definition) is 1. The molecule has 0 aliphatic rings. The maximum atomic E-state index is 12.9. The van der Waals surface area contributed by atoms with Gasteiger partial charge in [0.25, 0.3) is 0 Å². The molecule has 0 fully saturated rings. The second-order valence-corrected chi connectivity index (χ2v) is 4.21. The third kappa shape index (κ3) is 4.16. The van der Waals surface area contributed by atoms with Gasteiger partial charge in [-0.25, -0.2) is 4.39 Å². The lowest BCUT2D eigenvalue weighted by Gasteiger charge is -2.10. The van der Waals surface area contributed by atoms with Crippen LogP contribution in [-0.4, -0.2) is 11.7 Å². The molecule has 1 aromatic carbocycles. The third-order valence-corrected chi connectivity index (χ3v) is 2.26. The quantitative estimate of drug-likeness (QED) is 0.642. The summed E-state index contributed by atoms with van der Waals surface area (Å²) in [5.74, 6) is -0.451. The van der Waals surface area contributed by atoms with E-state index < -0.39 is 5.82 Å². The van der Waals surface area contributed by atoms with Gasteiger partial charge >= 0.3 is 0 Å². The van der Waals surface area contributed by atoms with E-state index in [4.69, 9.17) is 23.8 Å². The molecule has 0 aromatic heterocycles. The van der Waals surface area contributed by atoms with Crippen molar-refractivity contribution in [3.05, 3.63) is 41.2 Å². The molecule has 0 unspecified atom stereocenters. The summed E-state index contributed by atoms with van der Waals surface area (Å²) in [4.78, 5) is 0. The fraction of sp³-hybridized carbons (Fsp3) is 0.182. The lowest BCUT2D eigenvalue weighted by molar-refractivity contribution is 0.628. The Morgan fingerprint density at radius 1 is 1.56 bits per heavy atom. The Hall–Kier alpha value is -1.13. The first-order valence-corrected chi connectivity index (χ1v) is 5.42. The van der Waals surface area contributed by atoms with Gasteiger partial charge in [-0.05, 0) is 37.3 Å². The van der Waals surface area contributed by atoms with Crippen LogP contribution in [0.15, 0.2) is 30.4 Å². The molecule has 1 aromatic rings. The van der Waals surface area contributed by atoms with Crippen molar-refractivity contribution in [2.24, 2.45) is 0 Å². The van der Waals surface area contributed by atoms with Gasteiger partial charge < -0.3 is 10.6 Å². The monoisotopic (exact) mass is 258 g/mol. The molecule has 0 atom stereocenters. The third-order valence-electron chi connectivity index (χ3n) is 1.73. The van der Waals surface area contributed by atoms with E-state index in [-0.39, 0.29) is 5.02 Å². The van der Waals surface area contributed by atoms with E-state index in [0.717, 1.165) is 5.57 Å². The number of halogens is 2. The largest absolute Gasteiger partial charge is 0.359 e. The minimum Gasteiger partial charge on any atom is -0.359 e. The standard InChI is InChI=1S/C11H12ClFN2S/c1-7(2)6-14-11(16)15-8-3-4-10(13)9(12)5-8/h3-5H,1,6H2,2H3,(H2,14,15,16). The maximum absolute atomic E-state index is 12.9. The van der Waals surface area contributed by atoms with Crippen molar-refractivity contribution < 1.29 is 4.39 Å². The molecule has 0 radical (unpaired) electrons. The van der Waals surface area contributed by atoms with Gasteiger partial charge in [-0.1, -0.05) is 23.8 Å². The highest BCUT2D eigenvalue weighted by Gasteiger charge is 2.02. The fourth-order valence-corrected chi connectivity index (χ4v) is 1.35. The molecule has 0 saturated heterocycles. The topological polar surface area (TPSA) is 24.1 Å². The lowest BCUT2D eigenvalue weighted by atomic mass is 10.3. The molecule has 86 valence electrons. The molecule has 0 bridgehead atoms. The van der Waals surface area contributed by atoms with Crippen molar-refractivity contribution in [3.63, 3.8) is 0 Å². The van der Waals surface area contributed by atoms with Crippen LogP contribution in [0.4, 0.5) is 10.1 Å². The van der Waals surface area contributed by atoms with Crippen LogP contribution >= 0.6 is 23.8 Å². The average Bonchev–Trinajstić information content (AvgIpc) is 2.21. The smallest absolute Gasteiger partial charge is 0.171 e. The van der Waals surface area contributed by atoms with Crippen LogP contribution in [0.25, 0.3) is 0 Å². The van der Waals surface area contributed by atoms with Gasteiger partial charge in [0.1, 0.15) is 5.82 Å². The van der Waals surface area contributed by atoms with Gasteiger partial charge in [0.05, 0.1) is 5.02 Å². The summed E-state index contributed by atoms with van der Waals surface area (Å²) in [5, 5.41) is 6.35. The van der Waals surface area contributed by atoms with Crippen LogP contribution in [0, 0.1) is 5.82 Å². The molecule has 0 amide bonds. The zero-order valence-corrected chi connectivity index (χ0v) is 10.4. The molecule has 5 heteroatoms. The number of thiocarbonyl (C=S) groups is 1. The molecule has 16 heavy (non-hydrogen) atoms. The Morgan fingerprint density at radius 3 is 2.81 bits per heavy atom. The predicted molar refractivity (Wildman–Crippen MR) is 70.4 cm³/mol. The summed E-state index contributed by atoms with van der Waals surface area (Å²) >= 11 is 10.7. The number of anilines is 1. The highest BCUT2D eigenvalue weighted by atomic mass is 35.5. The molecule has 0 heterocycles. The number of nitrogens with one attached hydrogen (secondary N) is 2. The Kier molecular flexibility index (Phi) is 4.71. The normalized spacial score (nSPS) is 9.69. The van der Waals surface area contributed by atoms with Crippen molar-refractivity contribution in [1.82, 2.24) is 5.32 Å². The van der Waals surface area contributed by atoms with Crippen molar-refractivity contribution in [3.8, 4) is 0 Å². The van der Waals surface area contributed by atoms with Gasteiger partial charge in [0.15, 0.2) is 5.11 Å². The minimum atomic E-state index is -0.451. The summed E-state index contributed by atoms with van der Waals surface area (Å²) in [5.41, 5.74) is 1.62. The summed E-state index contributed by atoms with van der Waals surface area (Å²) in [6.07, 6.45) is 0. The second-order valence-electron chi connectivity index (χ2n) is 3.39. The SMILES string of the molecule is C=C(C)CNC(=S)Nc1ccc(F)c(Cl)c1. The van der Waals surface area contributed by atoms with Crippen LogP contribution in [0.5, 0.6) is 0 Å². The molecule has 2 nitrogen and oxygen atoms in total. The van der Waals surface area contributed by atoms with E-state index in [9.17, 15) is 4.39 Å². The molecule has 0 aliphatic heterocycles. The molecular formula is C11H12ClFN2S. The number of hydrogen-bond donors (Lipinski definition) is 2. The molecular weight excluding hydrogens is 247 g/mol. The van der Waals surface area contributed by atoms with Crippen molar-refractivity contribution >= 4 is 34.6 Å². The molecule has 0 aliphatic carbocycles. The fourth-order valence-electron chi connectivity index (χ4n) is 0.980. The Morgan fingerprint density at radius 2 is 2.25 bits per heavy atom. The van der Waals surface area contributed by atoms with E-state index in [1.165, 1.54) is 12.1 Å². The van der Waals surface area contributed by atoms with E-state index in [2.05, 4.69) is 17.2 Å². The van der Waals surface area contributed by atoms with Gasteiger partial charge in [-0.2, -0.15) is 0 Å². The number of benzene rings is 1. The summed E-state index contributed by atoms with van der Waals surface area (Å²) in [6.45, 7) is 6.23. The van der Waals surface area contributed by atoms with Gasteiger partial charge in [0.2, 0.25) is 0 Å².